The predicted molar refractivity (Wildman–Crippen MR) is 100 cm³/mol. The van der Waals surface area contributed by atoms with Crippen molar-refractivity contribution in [1.82, 2.24) is 15.5 Å². The largest absolute Gasteiger partial charge is 0.383 e. The molecule has 1 aliphatic rings. The zero-order valence-corrected chi connectivity index (χ0v) is 15.3. The summed E-state index contributed by atoms with van der Waals surface area (Å²) in [5, 5.41) is 7.03. The lowest BCUT2D eigenvalue weighted by atomic mass is 10.0. The number of likely N-dealkylation sites (tertiary alicyclic amines) is 1. The molecule has 2 N–H and O–H groups in total. The maximum atomic E-state index is 5.16. The number of nitrogens with one attached hydrogen (secondary N) is 2. The lowest BCUT2D eigenvalue weighted by Gasteiger charge is -2.32. The van der Waals surface area contributed by atoms with Crippen molar-refractivity contribution in [2.45, 2.75) is 38.8 Å². The van der Waals surface area contributed by atoms with E-state index in [2.05, 4.69) is 51.7 Å². The molecule has 0 saturated carbocycles. The van der Waals surface area contributed by atoms with Crippen molar-refractivity contribution in [3.63, 3.8) is 0 Å². The van der Waals surface area contributed by atoms with Gasteiger partial charge in [0.15, 0.2) is 5.96 Å². The number of methoxy groups -OCH3 is 1. The van der Waals surface area contributed by atoms with E-state index in [4.69, 9.17) is 4.74 Å². The van der Waals surface area contributed by atoms with E-state index in [1.165, 1.54) is 11.1 Å². The van der Waals surface area contributed by atoms with Crippen molar-refractivity contribution in [1.29, 1.82) is 0 Å². The van der Waals surface area contributed by atoms with Crippen molar-refractivity contribution >= 4 is 5.96 Å². The first kappa shape index (κ1) is 18.7. The summed E-state index contributed by atoms with van der Waals surface area (Å²) in [7, 11) is 3.61. The molecule has 5 heteroatoms. The van der Waals surface area contributed by atoms with E-state index in [0.29, 0.717) is 6.04 Å². The number of guanidine groups is 1. The van der Waals surface area contributed by atoms with E-state index in [1.807, 2.05) is 7.05 Å². The maximum absolute atomic E-state index is 5.16. The summed E-state index contributed by atoms with van der Waals surface area (Å²) in [4.78, 5) is 6.85. The number of nitrogens with zero attached hydrogens (tertiary/aromatic N) is 2. The molecule has 0 unspecified atom stereocenters. The molecule has 1 fully saturated rings. The van der Waals surface area contributed by atoms with Gasteiger partial charge in [0.1, 0.15) is 0 Å². The highest BCUT2D eigenvalue weighted by atomic mass is 16.5. The van der Waals surface area contributed by atoms with Crippen LogP contribution in [0.5, 0.6) is 0 Å². The number of aryl methyl sites for hydroxylation is 1. The minimum absolute atomic E-state index is 0.497. The zero-order valence-electron chi connectivity index (χ0n) is 15.3. The van der Waals surface area contributed by atoms with Crippen molar-refractivity contribution in [3.8, 4) is 0 Å². The molecule has 0 amide bonds. The van der Waals surface area contributed by atoms with Crippen LogP contribution in [0.4, 0.5) is 0 Å². The third-order valence-corrected chi connectivity index (χ3v) is 4.71. The molecule has 0 atom stereocenters. The fraction of sp³-hybridized carbons (Fsp3) is 0.632. The normalized spacial score (nSPS) is 17.0. The molecule has 1 saturated heterocycles. The van der Waals surface area contributed by atoms with Crippen LogP contribution >= 0.6 is 0 Å². The van der Waals surface area contributed by atoms with Crippen molar-refractivity contribution in [2.24, 2.45) is 4.99 Å². The summed E-state index contributed by atoms with van der Waals surface area (Å²) in [5.41, 5.74) is 2.74. The zero-order chi connectivity index (χ0) is 17.2. The fourth-order valence-electron chi connectivity index (χ4n) is 3.16. The average molecular weight is 332 g/mol. The number of ether oxygens (including phenoxy) is 1. The molecule has 1 aromatic rings. The quantitative estimate of drug-likeness (QED) is 0.592. The smallest absolute Gasteiger partial charge is 0.191 e. The Morgan fingerprint density at radius 2 is 1.96 bits per heavy atom. The molecule has 1 aliphatic heterocycles. The van der Waals surface area contributed by atoms with E-state index >= 15 is 0 Å². The molecule has 0 aliphatic carbocycles. The highest BCUT2D eigenvalue weighted by Crippen LogP contribution is 2.11. The van der Waals surface area contributed by atoms with Crippen LogP contribution in [-0.2, 0) is 17.7 Å². The average Bonchev–Trinajstić information content (AvgIpc) is 2.64. The second-order valence-corrected chi connectivity index (χ2v) is 6.30. The van der Waals surface area contributed by atoms with E-state index in [1.54, 1.807) is 7.11 Å². The van der Waals surface area contributed by atoms with Crippen molar-refractivity contribution in [2.75, 3.05) is 40.4 Å². The van der Waals surface area contributed by atoms with Gasteiger partial charge in [0, 0.05) is 46.4 Å². The Kier molecular flexibility index (Phi) is 8.05. The third-order valence-electron chi connectivity index (χ3n) is 4.71. The second-order valence-electron chi connectivity index (χ2n) is 6.30. The standard InChI is InChI=1S/C19H32N4O/c1-4-16-7-5-6-8-17(16)15-21-19(20-2)22-18-9-11-23(12-10-18)13-14-24-3/h5-8,18H,4,9-15H2,1-3H3,(H2,20,21,22). The highest BCUT2D eigenvalue weighted by Gasteiger charge is 2.19. The molecule has 0 aromatic heterocycles. The Bertz CT molecular complexity index is 510. The van der Waals surface area contributed by atoms with Crippen LogP contribution in [0.25, 0.3) is 0 Å². The van der Waals surface area contributed by atoms with Gasteiger partial charge in [-0.25, -0.2) is 0 Å². The van der Waals surface area contributed by atoms with E-state index in [9.17, 15) is 0 Å². The highest BCUT2D eigenvalue weighted by molar-refractivity contribution is 5.80. The molecule has 2 rings (SSSR count). The fourth-order valence-corrected chi connectivity index (χ4v) is 3.16. The summed E-state index contributed by atoms with van der Waals surface area (Å²) in [6, 6.07) is 9.09. The summed E-state index contributed by atoms with van der Waals surface area (Å²) < 4.78 is 5.16. The molecular weight excluding hydrogens is 300 g/mol. The Labute approximate surface area is 146 Å². The molecule has 0 radical (unpaired) electrons. The first-order chi connectivity index (χ1) is 11.8. The molecule has 0 spiro atoms. The second kappa shape index (κ2) is 10.3. The van der Waals surface area contributed by atoms with Gasteiger partial charge >= 0.3 is 0 Å². The topological polar surface area (TPSA) is 48.9 Å². The lowest BCUT2D eigenvalue weighted by Crippen LogP contribution is -2.48. The lowest BCUT2D eigenvalue weighted by molar-refractivity contribution is 0.128. The monoisotopic (exact) mass is 332 g/mol. The van der Waals surface area contributed by atoms with E-state index in [0.717, 1.165) is 58.0 Å². The van der Waals surface area contributed by atoms with E-state index in [-0.39, 0.29) is 0 Å². The number of piperidine rings is 1. The van der Waals surface area contributed by atoms with Crippen LogP contribution in [0.1, 0.15) is 30.9 Å². The number of aliphatic imine (C=N–C) groups is 1. The summed E-state index contributed by atoms with van der Waals surface area (Å²) >= 11 is 0. The number of hydrogen-bond donors (Lipinski definition) is 2. The van der Waals surface area contributed by atoms with Gasteiger partial charge < -0.3 is 20.3 Å². The van der Waals surface area contributed by atoms with Gasteiger partial charge in [-0.15, -0.1) is 0 Å². The van der Waals surface area contributed by atoms with Gasteiger partial charge in [-0.3, -0.25) is 4.99 Å². The van der Waals surface area contributed by atoms with Gasteiger partial charge in [-0.05, 0) is 30.4 Å². The first-order valence-electron chi connectivity index (χ1n) is 9.02. The minimum Gasteiger partial charge on any atom is -0.383 e. The molecule has 5 nitrogen and oxygen atoms in total. The Morgan fingerprint density at radius 3 is 2.58 bits per heavy atom. The maximum Gasteiger partial charge on any atom is 0.191 e. The SMILES string of the molecule is CCc1ccccc1CNC(=NC)NC1CCN(CCOC)CC1. The Hall–Kier alpha value is -1.59. The summed E-state index contributed by atoms with van der Waals surface area (Å²) in [6.45, 7) is 7.11. The Balaban J connectivity index is 1.77. The number of hydrogen-bond acceptors (Lipinski definition) is 3. The molecular formula is C19H32N4O. The van der Waals surface area contributed by atoms with Crippen LogP contribution in [0.3, 0.4) is 0 Å². The van der Waals surface area contributed by atoms with Crippen LogP contribution in [0.15, 0.2) is 29.3 Å². The predicted octanol–water partition coefficient (Wildman–Crippen LogP) is 2.02. The number of benzene rings is 1. The van der Waals surface area contributed by atoms with Crippen LogP contribution in [0, 0.1) is 0 Å². The van der Waals surface area contributed by atoms with Crippen molar-refractivity contribution in [3.05, 3.63) is 35.4 Å². The van der Waals surface area contributed by atoms with Crippen LogP contribution < -0.4 is 10.6 Å². The molecule has 1 aromatic carbocycles. The van der Waals surface area contributed by atoms with Gasteiger partial charge in [-0.1, -0.05) is 31.2 Å². The van der Waals surface area contributed by atoms with Crippen molar-refractivity contribution < 1.29 is 4.74 Å². The van der Waals surface area contributed by atoms with Crippen LogP contribution in [-0.4, -0.2) is 57.3 Å². The van der Waals surface area contributed by atoms with Gasteiger partial charge in [0.05, 0.1) is 6.61 Å². The number of rotatable bonds is 7. The minimum atomic E-state index is 0.497. The molecule has 0 bridgehead atoms. The van der Waals surface area contributed by atoms with Gasteiger partial charge in [-0.2, -0.15) is 0 Å². The molecule has 24 heavy (non-hydrogen) atoms. The third kappa shape index (κ3) is 5.80. The van der Waals surface area contributed by atoms with E-state index < -0.39 is 0 Å². The molecule has 134 valence electrons. The first-order valence-corrected chi connectivity index (χ1v) is 9.02. The molecule has 1 heterocycles. The summed E-state index contributed by atoms with van der Waals surface area (Å²) in [5.74, 6) is 0.899. The summed E-state index contributed by atoms with van der Waals surface area (Å²) in [6.07, 6.45) is 3.36. The Morgan fingerprint density at radius 1 is 1.25 bits per heavy atom. The van der Waals surface area contributed by atoms with Gasteiger partial charge in [0.2, 0.25) is 0 Å². The van der Waals surface area contributed by atoms with Gasteiger partial charge in [0.25, 0.3) is 0 Å². The van der Waals surface area contributed by atoms with Crippen LogP contribution in [0.2, 0.25) is 0 Å².